The van der Waals surface area contributed by atoms with Crippen LogP contribution in [0.4, 0.5) is 0 Å². The number of hydroxylamine groups is 1. The van der Waals surface area contributed by atoms with Crippen LogP contribution >= 0.6 is 0 Å². The smallest absolute Gasteiger partial charge is 0.120 e. The molecule has 0 radical (unpaired) electrons. The van der Waals surface area contributed by atoms with Crippen LogP contribution < -0.4 is 5.48 Å². The number of oxime groups is 1. The van der Waals surface area contributed by atoms with Gasteiger partial charge in [0.25, 0.3) is 0 Å². The zero-order chi connectivity index (χ0) is 26.4. The molecule has 0 spiro atoms. The molecular formula is C28H38N2O7. The Bertz CT molecular complexity index is 927. The van der Waals surface area contributed by atoms with Gasteiger partial charge in [0.1, 0.15) is 37.6 Å². The second-order valence-corrected chi connectivity index (χ2v) is 7.51. The minimum absolute atomic E-state index is 0.433. The first-order valence-electron chi connectivity index (χ1n) is 12.1. The molecule has 0 aromatic carbocycles. The Morgan fingerprint density at radius 3 is 2.11 bits per heavy atom. The fraction of sp³-hybridized carbons (Fsp3) is 0.393. The normalized spacial score (nSPS) is 18.4. The van der Waals surface area contributed by atoms with E-state index in [9.17, 15) is 0 Å². The third kappa shape index (κ3) is 13.5. The fourth-order valence-electron chi connectivity index (χ4n) is 3.13. The lowest BCUT2D eigenvalue weighted by molar-refractivity contribution is -0.00129. The average molecular weight is 515 g/mol. The minimum atomic E-state index is 0.433. The molecule has 0 bridgehead atoms. The molecule has 2 aliphatic carbocycles. The van der Waals surface area contributed by atoms with Crippen LogP contribution in [0.3, 0.4) is 0 Å². The second-order valence-electron chi connectivity index (χ2n) is 7.51. The summed E-state index contributed by atoms with van der Waals surface area (Å²) in [6, 6.07) is 0. The first kappa shape index (κ1) is 29.9. The molecule has 0 heterocycles. The molecule has 9 nitrogen and oxygen atoms in total. The topological polar surface area (TPSA) is 89.0 Å². The third-order valence-corrected chi connectivity index (χ3v) is 4.78. The molecule has 0 saturated carbocycles. The molecule has 1 N–H and O–H groups in total. The van der Waals surface area contributed by atoms with Crippen LogP contribution in [0.5, 0.6) is 0 Å². The van der Waals surface area contributed by atoms with Gasteiger partial charge in [-0.05, 0) is 48.5 Å². The van der Waals surface area contributed by atoms with Crippen molar-refractivity contribution in [2.24, 2.45) is 5.16 Å². The van der Waals surface area contributed by atoms with E-state index in [1.807, 2.05) is 48.6 Å². The van der Waals surface area contributed by atoms with E-state index >= 15 is 0 Å². The van der Waals surface area contributed by atoms with Crippen molar-refractivity contribution in [1.82, 2.24) is 5.48 Å². The highest BCUT2D eigenvalue weighted by atomic mass is 16.6. The number of rotatable bonds is 19. The molecule has 2 rings (SSSR count). The summed E-state index contributed by atoms with van der Waals surface area (Å²) in [4.78, 5) is 9.60. The first-order chi connectivity index (χ1) is 18.3. The van der Waals surface area contributed by atoms with Crippen molar-refractivity contribution in [2.45, 2.75) is 6.42 Å². The van der Waals surface area contributed by atoms with Gasteiger partial charge in [-0.15, -0.1) is 0 Å². The molecule has 9 heteroatoms. The SMILES string of the molecule is C=C/C=C1/C=C(OCCOCCOCCOCCOC2=C/C(=C/C=C\NOC)CC=C2)C=C/C1=N\OC. The van der Waals surface area contributed by atoms with E-state index in [-0.39, 0.29) is 0 Å². The van der Waals surface area contributed by atoms with Crippen LogP contribution in [0.2, 0.25) is 0 Å². The largest absolute Gasteiger partial charge is 0.491 e. The summed E-state index contributed by atoms with van der Waals surface area (Å²) in [5, 5.41) is 3.97. The standard InChI is InChI=1S/C28H38N2O7/c1-4-7-25-23-27(11-12-28(25)30-32-3)37-21-19-35-17-15-33-14-16-34-18-20-36-26-10-5-8-24(22-26)9-6-13-29-31-2/h4-7,9-13,22-23,29H,1,8,14-21H2,2-3H3/b13-6-,24-9+,25-7-,30-28+. The predicted octanol–water partition coefficient (Wildman–Crippen LogP) is 4.07. The summed E-state index contributed by atoms with van der Waals surface area (Å²) in [5.74, 6) is 1.55. The lowest BCUT2D eigenvalue weighted by Gasteiger charge is -2.13. The van der Waals surface area contributed by atoms with E-state index in [1.165, 1.54) is 7.11 Å². The molecule has 0 aromatic rings. The van der Waals surface area contributed by atoms with Crippen molar-refractivity contribution >= 4 is 5.71 Å². The van der Waals surface area contributed by atoms with Gasteiger partial charge in [0.05, 0.1) is 46.8 Å². The maximum Gasteiger partial charge on any atom is 0.120 e. The Morgan fingerprint density at radius 1 is 0.838 bits per heavy atom. The Morgan fingerprint density at radius 2 is 1.49 bits per heavy atom. The zero-order valence-electron chi connectivity index (χ0n) is 21.7. The Balaban J connectivity index is 1.44. The number of hydrogen-bond donors (Lipinski definition) is 1. The van der Waals surface area contributed by atoms with Crippen LogP contribution in [0.15, 0.2) is 101 Å². The Kier molecular flexibility index (Phi) is 16.0. The van der Waals surface area contributed by atoms with Gasteiger partial charge in [-0.25, -0.2) is 0 Å². The molecule has 0 aromatic heterocycles. The number of allylic oxidation sites excluding steroid dienone is 12. The predicted molar refractivity (Wildman–Crippen MR) is 144 cm³/mol. The van der Waals surface area contributed by atoms with E-state index in [1.54, 1.807) is 19.4 Å². The van der Waals surface area contributed by atoms with E-state index < -0.39 is 0 Å². The Hall–Kier alpha value is -3.37. The quantitative estimate of drug-likeness (QED) is 0.204. The molecule has 0 fully saturated rings. The van der Waals surface area contributed by atoms with E-state index in [4.69, 9.17) is 33.4 Å². The van der Waals surface area contributed by atoms with Gasteiger partial charge in [0.2, 0.25) is 0 Å². The van der Waals surface area contributed by atoms with Gasteiger partial charge in [0, 0.05) is 11.8 Å². The first-order valence-corrected chi connectivity index (χ1v) is 12.1. The molecular weight excluding hydrogens is 476 g/mol. The van der Waals surface area contributed by atoms with Crippen LogP contribution in [-0.2, 0) is 33.4 Å². The molecule has 0 amide bonds. The maximum absolute atomic E-state index is 5.75. The summed E-state index contributed by atoms with van der Waals surface area (Å²) in [6.07, 6.45) is 21.6. The monoisotopic (exact) mass is 514 g/mol. The highest BCUT2D eigenvalue weighted by Gasteiger charge is 2.09. The third-order valence-electron chi connectivity index (χ3n) is 4.78. The number of ether oxygens (including phenoxy) is 5. The van der Waals surface area contributed by atoms with E-state index in [0.717, 1.165) is 29.1 Å². The zero-order valence-corrected chi connectivity index (χ0v) is 21.7. The van der Waals surface area contributed by atoms with Crippen molar-refractivity contribution in [1.29, 1.82) is 0 Å². The van der Waals surface area contributed by atoms with E-state index in [0.29, 0.717) is 58.6 Å². The lowest BCUT2D eigenvalue weighted by Crippen LogP contribution is -2.13. The number of nitrogens with zero attached hydrogens (tertiary/aromatic N) is 1. The molecule has 0 unspecified atom stereocenters. The van der Waals surface area contributed by atoms with Crippen molar-refractivity contribution in [3.63, 3.8) is 0 Å². The highest BCUT2D eigenvalue weighted by molar-refractivity contribution is 6.11. The number of hydrogen-bond acceptors (Lipinski definition) is 9. The minimum Gasteiger partial charge on any atom is -0.491 e. The van der Waals surface area contributed by atoms with Gasteiger partial charge in [-0.3, -0.25) is 10.3 Å². The summed E-state index contributed by atoms with van der Waals surface area (Å²) in [7, 11) is 3.08. The van der Waals surface area contributed by atoms with Crippen LogP contribution in [0, 0.1) is 0 Å². The summed E-state index contributed by atoms with van der Waals surface area (Å²) < 4.78 is 28.1. The fourth-order valence-corrected chi connectivity index (χ4v) is 3.13. The van der Waals surface area contributed by atoms with Crippen LogP contribution in [0.25, 0.3) is 0 Å². The molecule has 2 aliphatic rings. The van der Waals surface area contributed by atoms with Gasteiger partial charge in [-0.1, -0.05) is 36.0 Å². The molecule has 202 valence electrons. The van der Waals surface area contributed by atoms with Crippen molar-refractivity contribution in [3.8, 4) is 0 Å². The highest BCUT2D eigenvalue weighted by Crippen LogP contribution is 2.17. The summed E-state index contributed by atoms with van der Waals surface area (Å²) in [5.41, 5.74) is 5.38. The summed E-state index contributed by atoms with van der Waals surface area (Å²) >= 11 is 0. The van der Waals surface area contributed by atoms with Crippen molar-refractivity contribution in [3.05, 3.63) is 96.2 Å². The second kappa shape index (κ2) is 19.8. The number of nitrogens with one attached hydrogen (secondary N) is 1. The Labute approximate surface area is 219 Å². The van der Waals surface area contributed by atoms with E-state index in [2.05, 4.69) is 23.3 Å². The molecule has 0 atom stereocenters. The van der Waals surface area contributed by atoms with Crippen molar-refractivity contribution in [2.75, 3.05) is 67.1 Å². The van der Waals surface area contributed by atoms with Crippen LogP contribution in [-0.4, -0.2) is 72.8 Å². The lowest BCUT2D eigenvalue weighted by atomic mass is 10.0. The summed E-state index contributed by atoms with van der Waals surface area (Å²) in [6.45, 7) is 7.56. The molecule has 0 saturated heterocycles. The average Bonchev–Trinajstić information content (AvgIpc) is 2.91. The maximum atomic E-state index is 5.75. The molecule has 37 heavy (non-hydrogen) atoms. The van der Waals surface area contributed by atoms with Gasteiger partial charge in [-0.2, -0.15) is 0 Å². The van der Waals surface area contributed by atoms with Gasteiger partial charge >= 0.3 is 0 Å². The molecule has 0 aliphatic heterocycles. The van der Waals surface area contributed by atoms with Gasteiger partial charge < -0.3 is 28.5 Å². The van der Waals surface area contributed by atoms with Crippen molar-refractivity contribution < 1.29 is 33.4 Å². The van der Waals surface area contributed by atoms with Crippen LogP contribution in [0.1, 0.15) is 6.42 Å². The van der Waals surface area contributed by atoms with Gasteiger partial charge in [0.15, 0.2) is 0 Å².